The zero-order valence-electron chi connectivity index (χ0n) is 15.7. The second-order valence-electron chi connectivity index (χ2n) is 6.16. The highest BCUT2D eigenvalue weighted by Gasteiger charge is 2.16. The molecule has 0 atom stereocenters. The Bertz CT molecular complexity index is 1070. The van der Waals surface area contributed by atoms with Crippen LogP contribution >= 0.6 is 0 Å². The van der Waals surface area contributed by atoms with Gasteiger partial charge in [-0.15, -0.1) is 0 Å². The zero-order chi connectivity index (χ0) is 21.5. The van der Waals surface area contributed by atoms with Crippen LogP contribution in [0.3, 0.4) is 0 Å². The summed E-state index contributed by atoms with van der Waals surface area (Å²) in [7, 11) is 0. The summed E-state index contributed by atoms with van der Waals surface area (Å²) in [5.74, 6) is -1.63. The van der Waals surface area contributed by atoms with E-state index >= 15 is 0 Å². The summed E-state index contributed by atoms with van der Waals surface area (Å²) in [6, 6.07) is 9.18. The number of nitrogen functional groups attached to an aromatic ring is 1. The van der Waals surface area contributed by atoms with Crippen LogP contribution in [0, 0.1) is 0 Å². The second-order valence-corrected chi connectivity index (χ2v) is 6.16. The van der Waals surface area contributed by atoms with Crippen molar-refractivity contribution in [3.63, 3.8) is 0 Å². The number of benzene rings is 1. The van der Waals surface area contributed by atoms with Crippen LogP contribution in [0.15, 0.2) is 36.7 Å². The molecule has 0 bridgehead atoms. The maximum Gasteiger partial charge on any atom is 0.407 e. The normalized spacial score (nSPS) is 10.5. The monoisotopic (exact) mass is 413 g/mol. The van der Waals surface area contributed by atoms with Crippen LogP contribution in [-0.4, -0.2) is 49.1 Å². The van der Waals surface area contributed by atoms with Gasteiger partial charge in [0.25, 0.3) is 0 Å². The first kappa shape index (κ1) is 20.5. The van der Waals surface area contributed by atoms with E-state index in [1.54, 1.807) is 0 Å². The molecule has 0 saturated heterocycles. The van der Waals surface area contributed by atoms with Gasteiger partial charge in [-0.1, -0.05) is 30.3 Å². The van der Waals surface area contributed by atoms with Crippen molar-refractivity contribution in [3.05, 3.63) is 42.2 Å². The van der Waals surface area contributed by atoms with E-state index in [-0.39, 0.29) is 49.0 Å². The second kappa shape index (κ2) is 9.32. The number of carbonyl (C=O) groups is 3. The third-order valence-electron chi connectivity index (χ3n) is 3.88. The number of hydrogen-bond acceptors (Lipinski definition) is 8. The van der Waals surface area contributed by atoms with Gasteiger partial charge in [-0.3, -0.25) is 9.59 Å². The van der Waals surface area contributed by atoms with E-state index in [1.807, 2.05) is 30.3 Å². The highest BCUT2D eigenvalue weighted by atomic mass is 16.5. The molecule has 156 valence electrons. The minimum Gasteiger partial charge on any atom is -0.480 e. The molecular weight excluding hydrogens is 394 g/mol. The molecule has 0 aliphatic heterocycles. The number of nitrogens with zero attached hydrogens (tertiary/aromatic N) is 4. The van der Waals surface area contributed by atoms with Gasteiger partial charge in [0.1, 0.15) is 13.2 Å². The third-order valence-corrected chi connectivity index (χ3v) is 3.88. The summed E-state index contributed by atoms with van der Waals surface area (Å²) in [5, 5.41) is 14.0. The lowest BCUT2D eigenvalue weighted by Gasteiger charge is -2.08. The van der Waals surface area contributed by atoms with Crippen molar-refractivity contribution in [2.45, 2.75) is 19.6 Å². The molecule has 12 heteroatoms. The predicted octanol–water partition coefficient (Wildman–Crippen LogP) is 0.748. The predicted molar refractivity (Wildman–Crippen MR) is 105 cm³/mol. The number of rotatable bonds is 8. The first-order valence-electron chi connectivity index (χ1n) is 8.87. The minimum atomic E-state index is -1.08. The fraction of sp³-hybridized carbons (Fsp3) is 0.222. The molecule has 2 heterocycles. The summed E-state index contributed by atoms with van der Waals surface area (Å²) in [4.78, 5) is 46.8. The van der Waals surface area contributed by atoms with E-state index in [0.717, 1.165) is 5.56 Å². The summed E-state index contributed by atoms with van der Waals surface area (Å²) in [5.41, 5.74) is 6.88. The number of anilines is 2. The standard InChI is InChI=1S/C18H19N7O5/c19-17-23-15(14-16(24-17)25(10-21-14)8-13(27)28)22-12(26)6-7-20-18(29)30-9-11-4-2-1-3-5-11/h1-5,10H,6-9H2,(H,20,29)(H,27,28)(H3,19,22,23,24,26). The van der Waals surface area contributed by atoms with Gasteiger partial charge in [0.2, 0.25) is 11.9 Å². The molecule has 0 spiro atoms. The molecule has 3 rings (SSSR count). The molecule has 5 N–H and O–H groups in total. The van der Waals surface area contributed by atoms with Crippen molar-refractivity contribution < 1.29 is 24.2 Å². The van der Waals surface area contributed by atoms with Gasteiger partial charge in [-0.05, 0) is 5.56 Å². The lowest BCUT2D eigenvalue weighted by atomic mass is 10.2. The number of carbonyl (C=O) groups excluding carboxylic acids is 2. The van der Waals surface area contributed by atoms with Crippen LogP contribution in [0.1, 0.15) is 12.0 Å². The number of aliphatic carboxylic acids is 1. The summed E-state index contributed by atoms with van der Waals surface area (Å²) in [6.07, 6.45) is 0.571. The Morgan fingerprint density at radius 1 is 1.17 bits per heavy atom. The molecule has 2 aromatic heterocycles. The van der Waals surface area contributed by atoms with Crippen molar-refractivity contribution >= 4 is 40.9 Å². The molecule has 12 nitrogen and oxygen atoms in total. The molecule has 3 aromatic rings. The number of ether oxygens (including phenoxy) is 1. The van der Waals surface area contributed by atoms with Crippen molar-refractivity contribution in [2.24, 2.45) is 0 Å². The number of nitrogens with one attached hydrogen (secondary N) is 2. The number of carboxylic acid groups (broad SMARTS) is 1. The number of alkyl carbamates (subject to hydrolysis) is 1. The lowest BCUT2D eigenvalue weighted by molar-refractivity contribution is -0.137. The molecule has 0 fully saturated rings. The van der Waals surface area contributed by atoms with Crippen LogP contribution in [-0.2, 0) is 27.5 Å². The van der Waals surface area contributed by atoms with Crippen molar-refractivity contribution in [3.8, 4) is 0 Å². The number of carboxylic acids is 1. The number of hydrogen-bond donors (Lipinski definition) is 4. The van der Waals surface area contributed by atoms with Gasteiger partial charge in [0, 0.05) is 13.0 Å². The van der Waals surface area contributed by atoms with E-state index < -0.39 is 18.0 Å². The summed E-state index contributed by atoms with van der Waals surface area (Å²) in [6.45, 7) is -0.206. The molecule has 0 saturated carbocycles. The maximum absolute atomic E-state index is 12.2. The molecule has 2 amide bonds. The van der Waals surface area contributed by atoms with E-state index in [9.17, 15) is 14.4 Å². The van der Waals surface area contributed by atoms with Crippen LogP contribution in [0.5, 0.6) is 0 Å². The fourth-order valence-corrected chi connectivity index (χ4v) is 2.56. The van der Waals surface area contributed by atoms with Gasteiger partial charge >= 0.3 is 12.1 Å². The number of imidazole rings is 1. The molecule has 0 radical (unpaired) electrons. The zero-order valence-corrected chi connectivity index (χ0v) is 15.7. The van der Waals surface area contributed by atoms with Crippen LogP contribution in [0.2, 0.25) is 0 Å². The molecule has 30 heavy (non-hydrogen) atoms. The average molecular weight is 413 g/mol. The first-order valence-corrected chi connectivity index (χ1v) is 8.87. The Labute approximate surface area is 170 Å². The third kappa shape index (κ3) is 5.41. The molecular formula is C18H19N7O5. The van der Waals surface area contributed by atoms with E-state index in [2.05, 4.69) is 25.6 Å². The quantitative estimate of drug-likeness (QED) is 0.415. The Hall–Kier alpha value is -4.22. The van der Waals surface area contributed by atoms with Crippen molar-refractivity contribution in [1.82, 2.24) is 24.8 Å². The fourth-order valence-electron chi connectivity index (χ4n) is 2.56. The lowest BCUT2D eigenvalue weighted by Crippen LogP contribution is -2.28. The number of amides is 2. The van der Waals surface area contributed by atoms with Crippen LogP contribution in [0.4, 0.5) is 16.6 Å². The van der Waals surface area contributed by atoms with Crippen molar-refractivity contribution in [2.75, 3.05) is 17.6 Å². The Kier molecular flexibility index (Phi) is 6.37. The van der Waals surface area contributed by atoms with Crippen LogP contribution < -0.4 is 16.4 Å². The Morgan fingerprint density at radius 2 is 1.93 bits per heavy atom. The van der Waals surface area contributed by atoms with Crippen molar-refractivity contribution in [1.29, 1.82) is 0 Å². The van der Waals surface area contributed by atoms with Gasteiger partial charge in [-0.25, -0.2) is 9.78 Å². The Morgan fingerprint density at radius 3 is 2.67 bits per heavy atom. The smallest absolute Gasteiger partial charge is 0.407 e. The van der Waals surface area contributed by atoms with E-state index in [1.165, 1.54) is 10.9 Å². The SMILES string of the molecule is Nc1nc(NC(=O)CCNC(=O)OCc2ccccc2)c2ncn(CC(=O)O)c2n1. The number of aromatic nitrogens is 4. The first-order chi connectivity index (χ1) is 14.4. The van der Waals surface area contributed by atoms with Gasteiger partial charge in [0.15, 0.2) is 17.0 Å². The number of nitrogens with two attached hydrogens (primary N) is 1. The van der Waals surface area contributed by atoms with Gasteiger partial charge in [-0.2, -0.15) is 9.97 Å². The highest BCUT2D eigenvalue weighted by Crippen LogP contribution is 2.19. The van der Waals surface area contributed by atoms with E-state index in [4.69, 9.17) is 15.6 Å². The summed E-state index contributed by atoms with van der Waals surface area (Å²) >= 11 is 0. The Balaban J connectivity index is 1.52. The molecule has 1 aromatic carbocycles. The molecule has 0 aliphatic carbocycles. The van der Waals surface area contributed by atoms with Crippen LogP contribution in [0.25, 0.3) is 11.2 Å². The molecule has 0 unspecified atom stereocenters. The molecule has 0 aliphatic rings. The largest absolute Gasteiger partial charge is 0.480 e. The number of fused-ring (bicyclic) bond motifs is 1. The topological polar surface area (TPSA) is 174 Å². The maximum atomic E-state index is 12.2. The van der Waals surface area contributed by atoms with Gasteiger partial charge in [0.05, 0.1) is 6.33 Å². The summed E-state index contributed by atoms with van der Waals surface area (Å²) < 4.78 is 6.33. The average Bonchev–Trinajstić information content (AvgIpc) is 3.09. The van der Waals surface area contributed by atoms with E-state index in [0.29, 0.717) is 0 Å². The minimum absolute atomic E-state index is 0.0383. The van der Waals surface area contributed by atoms with Gasteiger partial charge < -0.3 is 30.8 Å². The highest BCUT2D eigenvalue weighted by molar-refractivity contribution is 5.97.